The van der Waals surface area contributed by atoms with Gasteiger partial charge in [0, 0.05) is 6.54 Å². The quantitative estimate of drug-likeness (QED) is 0.122. The van der Waals surface area contributed by atoms with E-state index < -0.39 is 42.0 Å². The van der Waals surface area contributed by atoms with Crippen molar-refractivity contribution in [2.24, 2.45) is 22.2 Å². The van der Waals surface area contributed by atoms with Crippen LogP contribution in [0.1, 0.15) is 26.7 Å². The number of nitrogens with one attached hydrogen (secondary N) is 2. The highest BCUT2D eigenvalue weighted by molar-refractivity contribution is 5.91. The third kappa shape index (κ3) is 8.29. The number of rotatable bonds is 10. The minimum Gasteiger partial charge on any atom is -0.480 e. The van der Waals surface area contributed by atoms with Gasteiger partial charge in [-0.1, -0.05) is 0 Å². The van der Waals surface area contributed by atoms with Crippen LogP contribution in [0.2, 0.25) is 0 Å². The van der Waals surface area contributed by atoms with Gasteiger partial charge in [-0.25, -0.2) is 0 Å². The molecule has 11 nitrogen and oxygen atoms in total. The van der Waals surface area contributed by atoms with Gasteiger partial charge in [0.05, 0.1) is 6.10 Å². The molecule has 0 spiro atoms. The summed E-state index contributed by atoms with van der Waals surface area (Å²) < 4.78 is 0. The van der Waals surface area contributed by atoms with Crippen LogP contribution in [0.3, 0.4) is 0 Å². The third-order valence-electron chi connectivity index (χ3n) is 3.13. The molecule has 0 aliphatic heterocycles. The third-order valence-corrected chi connectivity index (χ3v) is 3.13. The lowest BCUT2D eigenvalue weighted by Crippen LogP contribution is -2.55. The molecule has 0 aromatic heterocycles. The minimum atomic E-state index is -1.21. The van der Waals surface area contributed by atoms with E-state index in [-0.39, 0.29) is 18.9 Å². The minimum absolute atomic E-state index is 0.101. The van der Waals surface area contributed by atoms with Crippen LogP contribution in [0.4, 0.5) is 0 Å². The lowest BCUT2D eigenvalue weighted by Gasteiger charge is -2.22. The van der Waals surface area contributed by atoms with Crippen LogP contribution in [0.5, 0.6) is 0 Å². The van der Waals surface area contributed by atoms with E-state index in [0.29, 0.717) is 6.42 Å². The maximum Gasteiger partial charge on any atom is 0.325 e. The SMILES string of the molecule is C[C@H](NC(=O)[C@H](CCCN=C(N)N)NC(=O)[C@@H](N)[C@@H](C)O)C(=O)O. The number of guanidine groups is 1. The predicted molar refractivity (Wildman–Crippen MR) is 86.7 cm³/mol. The molecule has 2 amide bonds. The Morgan fingerprint density at radius 2 is 1.71 bits per heavy atom. The number of amides is 2. The molecule has 0 saturated heterocycles. The average Bonchev–Trinajstić information content (AvgIpc) is 2.48. The number of aliphatic carboxylic acids is 1. The van der Waals surface area contributed by atoms with Crippen LogP contribution in [0.15, 0.2) is 4.99 Å². The van der Waals surface area contributed by atoms with E-state index in [1.807, 2.05) is 0 Å². The number of aliphatic imine (C=N–C) groups is 1. The Bertz CT molecular complexity index is 477. The number of carboxylic acid groups (broad SMARTS) is 1. The van der Waals surface area contributed by atoms with E-state index in [1.165, 1.54) is 13.8 Å². The summed E-state index contributed by atoms with van der Waals surface area (Å²) in [5, 5.41) is 22.8. The molecule has 0 rings (SSSR count). The predicted octanol–water partition coefficient (Wildman–Crippen LogP) is -3.18. The molecule has 10 N–H and O–H groups in total. The molecular weight excluding hydrogens is 320 g/mol. The van der Waals surface area contributed by atoms with Crippen molar-refractivity contribution in [1.29, 1.82) is 0 Å². The Hall–Kier alpha value is -2.40. The molecule has 0 aromatic carbocycles. The van der Waals surface area contributed by atoms with Gasteiger partial charge in [-0.05, 0) is 26.7 Å². The van der Waals surface area contributed by atoms with Crippen molar-refractivity contribution in [2.75, 3.05) is 6.54 Å². The molecule has 0 saturated carbocycles. The Labute approximate surface area is 139 Å². The van der Waals surface area contributed by atoms with E-state index in [1.54, 1.807) is 0 Å². The van der Waals surface area contributed by atoms with E-state index in [9.17, 15) is 19.5 Å². The first kappa shape index (κ1) is 21.6. The zero-order valence-electron chi connectivity index (χ0n) is 13.7. The highest BCUT2D eigenvalue weighted by atomic mass is 16.4. The second-order valence-electron chi connectivity index (χ2n) is 5.34. The molecule has 11 heteroatoms. The lowest BCUT2D eigenvalue weighted by molar-refractivity contribution is -0.141. The van der Waals surface area contributed by atoms with Gasteiger partial charge in [-0.15, -0.1) is 0 Å². The molecule has 138 valence electrons. The number of hydrogen-bond acceptors (Lipinski definition) is 6. The number of carbonyl (C=O) groups excluding carboxylic acids is 2. The van der Waals surface area contributed by atoms with Crippen molar-refractivity contribution < 1.29 is 24.6 Å². The molecule has 0 aromatic rings. The largest absolute Gasteiger partial charge is 0.480 e. The molecule has 0 heterocycles. The molecule has 0 aliphatic carbocycles. The molecule has 0 radical (unpaired) electrons. The first-order valence-corrected chi connectivity index (χ1v) is 7.38. The van der Waals surface area contributed by atoms with Crippen LogP contribution in [-0.4, -0.2) is 64.7 Å². The van der Waals surface area contributed by atoms with Crippen molar-refractivity contribution in [3.63, 3.8) is 0 Å². The monoisotopic (exact) mass is 346 g/mol. The molecular formula is C13H26N6O5. The van der Waals surface area contributed by atoms with Gasteiger partial charge in [0.25, 0.3) is 0 Å². The highest BCUT2D eigenvalue weighted by Gasteiger charge is 2.27. The number of nitrogens with zero attached hydrogens (tertiary/aromatic N) is 1. The van der Waals surface area contributed by atoms with E-state index in [4.69, 9.17) is 22.3 Å². The first-order chi connectivity index (χ1) is 11.1. The normalized spacial score (nSPS) is 15.5. The smallest absolute Gasteiger partial charge is 0.325 e. The lowest BCUT2D eigenvalue weighted by atomic mass is 10.1. The van der Waals surface area contributed by atoms with Crippen LogP contribution < -0.4 is 27.8 Å². The fourth-order valence-electron chi connectivity index (χ4n) is 1.64. The van der Waals surface area contributed by atoms with Crippen molar-refractivity contribution >= 4 is 23.7 Å². The molecule has 24 heavy (non-hydrogen) atoms. The number of aliphatic hydroxyl groups is 1. The van der Waals surface area contributed by atoms with Gasteiger partial charge in [-0.3, -0.25) is 19.4 Å². The molecule has 4 atom stereocenters. The fourth-order valence-corrected chi connectivity index (χ4v) is 1.64. The van der Waals surface area contributed by atoms with Crippen LogP contribution in [0.25, 0.3) is 0 Å². The Morgan fingerprint density at radius 1 is 1.12 bits per heavy atom. The molecule has 0 fully saturated rings. The van der Waals surface area contributed by atoms with Gasteiger partial charge in [-0.2, -0.15) is 0 Å². The van der Waals surface area contributed by atoms with E-state index in [2.05, 4.69) is 15.6 Å². The summed E-state index contributed by atoms with van der Waals surface area (Å²) in [4.78, 5) is 38.6. The number of hydrogen-bond donors (Lipinski definition) is 7. The number of carbonyl (C=O) groups is 3. The summed E-state index contributed by atoms with van der Waals surface area (Å²) in [6.07, 6.45) is -0.581. The Kier molecular flexibility index (Phi) is 9.35. The van der Waals surface area contributed by atoms with Gasteiger partial charge in [0.15, 0.2) is 5.96 Å². The van der Waals surface area contributed by atoms with Gasteiger partial charge < -0.3 is 38.0 Å². The maximum atomic E-state index is 12.1. The number of carboxylic acids is 1. The maximum absolute atomic E-state index is 12.1. The summed E-state index contributed by atoms with van der Waals surface area (Å²) in [7, 11) is 0. The Morgan fingerprint density at radius 3 is 2.17 bits per heavy atom. The summed E-state index contributed by atoms with van der Waals surface area (Å²) in [6.45, 7) is 2.86. The standard InChI is InChI=1S/C13H26N6O5/c1-6(12(23)24)18-10(21)8(4-3-5-17-13(15)16)19-11(22)9(14)7(2)20/h6-9,20H,3-5,14H2,1-2H3,(H,18,21)(H,19,22)(H,23,24)(H4,15,16,17)/t6-,7+,8-,9-/m0/s1. The summed E-state index contributed by atoms with van der Waals surface area (Å²) in [5.41, 5.74) is 15.9. The number of nitrogens with two attached hydrogens (primary N) is 3. The Balaban J connectivity index is 4.87. The summed E-state index contributed by atoms with van der Waals surface area (Å²) in [5.74, 6) is -2.72. The molecule has 0 unspecified atom stereocenters. The first-order valence-electron chi connectivity index (χ1n) is 7.38. The second-order valence-corrected chi connectivity index (χ2v) is 5.34. The highest BCUT2D eigenvalue weighted by Crippen LogP contribution is 2.01. The van der Waals surface area contributed by atoms with E-state index >= 15 is 0 Å². The van der Waals surface area contributed by atoms with Crippen molar-refractivity contribution in [3.8, 4) is 0 Å². The van der Waals surface area contributed by atoms with Gasteiger partial charge in [0.1, 0.15) is 18.1 Å². The fraction of sp³-hybridized carbons (Fsp3) is 0.692. The summed E-state index contributed by atoms with van der Waals surface area (Å²) >= 11 is 0. The van der Waals surface area contributed by atoms with Crippen LogP contribution in [0, 0.1) is 0 Å². The number of aliphatic hydroxyl groups excluding tert-OH is 1. The topological polar surface area (TPSA) is 206 Å². The zero-order valence-corrected chi connectivity index (χ0v) is 13.7. The van der Waals surface area contributed by atoms with E-state index in [0.717, 1.165) is 0 Å². The van der Waals surface area contributed by atoms with Crippen molar-refractivity contribution in [3.05, 3.63) is 0 Å². The molecule has 0 bridgehead atoms. The van der Waals surface area contributed by atoms with Crippen LogP contribution in [-0.2, 0) is 14.4 Å². The molecule has 0 aliphatic rings. The average molecular weight is 346 g/mol. The van der Waals surface area contributed by atoms with Gasteiger partial charge in [0.2, 0.25) is 11.8 Å². The van der Waals surface area contributed by atoms with Crippen LogP contribution >= 0.6 is 0 Å². The summed E-state index contributed by atoms with van der Waals surface area (Å²) in [6, 6.07) is -3.37. The van der Waals surface area contributed by atoms with Gasteiger partial charge >= 0.3 is 5.97 Å². The van der Waals surface area contributed by atoms with Crippen molar-refractivity contribution in [2.45, 2.75) is 50.9 Å². The zero-order chi connectivity index (χ0) is 18.9. The van der Waals surface area contributed by atoms with Crippen molar-refractivity contribution in [1.82, 2.24) is 10.6 Å². The second kappa shape index (κ2) is 10.4.